The van der Waals surface area contributed by atoms with Crippen molar-refractivity contribution in [3.05, 3.63) is 66.0 Å². The lowest BCUT2D eigenvalue weighted by Gasteiger charge is -2.11. The molecule has 0 unspecified atom stereocenters. The van der Waals surface area contributed by atoms with Crippen molar-refractivity contribution in [1.29, 1.82) is 0 Å². The van der Waals surface area contributed by atoms with Gasteiger partial charge in [0.25, 0.3) is 5.91 Å². The number of aromatic nitrogens is 2. The Balaban J connectivity index is 1.42. The third kappa shape index (κ3) is 4.37. The molecule has 1 aliphatic heterocycles. The van der Waals surface area contributed by atoms with E-state index in [1.165, 1.54) is 0 Å². The molecule has 0 bridgehead atoms. The minimum atomic E-state index is -0.342. The van der Waals surface area contributed by atoms with Gasteiger partial charge < -0.3 is 24.8 Å². The third-order valence-electron chi connectivity index (χ3n) is 4.21. The minimum Gasteiger partial charge on any atom is -0.492 e. The Morgan fingerprint density at radius 2 is 2.00 bits per heavy atom. The number of para-hydroxylation sites is 2. The summed E-state index contributed by atoms with van der Waals surface area (Å²) in [5, 5.41) is 5.95. The van der Waals surface area contributed by atoms with Crippen LogP contribution in [-0.2, 0) is 6.54 Å². The monoisotopic (exact) mass is 392 g/mol. The molecule has 8 heteroatoms. The van der Waals surface area contributed by atoms with Gasteiger partial charge in [-0.1, -0.05) is 18.2 Å². The number of nitrogens with one attached hydrogen (secondary N) is 2. The molecule has 0 atom stereocenters. The zero-order valence-corrected chi connectivity index (χ0v) is 15.8. The molecule has 4 rings (SSSR count). The third-order valence-corrected chi connectivity index (χ3v) is 4.21. The van der Waals surface area contributed by atoms with Crippen molar-refractivity contribution in [1.82, 2.24) is 9.97 Å². The molecule has 1 aliphatic rings. The number of nitrogens with zero attached hydrogens (tertiary/aromatic N) is 2. The highest BCUT2D eigenvalue weighted by molar-refractivity contribution is 6.03. The first-order chi connectivity index (χ1) is 14.2. The number of fused-ring (bicyclic) bond motifs is 1. The van der Waals surface area contributed by atoms with E-state index in [1.54, 1.807) is 24.4 Å². The first kappa shape index (κ1) is 18.5. The number of ether oxygens (including phenoxy) is 3. The highest BCUT2D eigenvalue weighted by atomic mass is 16.7. The van der Waals surface area contributed by atoms with Crippen LogP contribution in [0, 0.1) is 0 Å². The Morgan fingerprint density at radius 3 is 2.90 bits per heavy atom. The molecule has 0 radical (unpaired) electrons. The predicted octanol–water partition coefficient (Wildman–Crippen LogP) is 3.47. The summed E-state index contributed by atoms with van der Waals surface area (Å²) in [6, 6.07) is 14.5. The van der Waals surface area contributed by atoms with Gasteiger partial charge in [0.15, 0.2) is 11.5 Å². The number of hydrogen-bond donors (Lipinski definition) is 2. The molecule has 1 aromatic heterocycles. The summed E-state index contributed by atoms with van der Waals surface area (Å²) in [5.41, 5.74) is 1.82. The van der Waals surface area contributed by atoms with Crippen molar-refractivity contribution < 1.29 is 19.0 Å². The second-order valence-corrected chi connectivity index (χ2v) is 6.19. The molecule has 29 heavy (non-hydrogen) atoms. The summed E-state index contributed by atoms with van der Waals surface area (Å²) in [6.07, 6.45) is 1.54. The second-order valence-electron chi connectivity index (χ2n) is 6.19. The van der Waals surface area contributed by atoms with E-state index < -0.39 is 0 Å². The fourth-order valence-corrected chi connectivity index (χ4v) is 2.84. The number of amides is 1. The van der Waals surface area contributed by atoms with Crippen LogP contribution in [0.5, 0.6) is 17.2 Å². The molecule has 0 aliphatic carbocycles. The lowest BCUT2D eigenvalue weighted by Crippen LogP contribution is -2.16. The molecule has 0 saturated carbocycles. The summed E-state index contributed by atoms with van der Waals surface area (Å²) in [5.74, 6) is 2.07. The van der Waals surface area contributed by atoms with Crippen LogP contribution in [0.4, 0.5) is 11.6 Å². The number of rotatable bonds is 7. The number of benzene rings is 2. The standard InChI is InChI=1S/C21H20N4O4/c1-2-27-17-6-4-3-5-15(17)24-20(26)16-9-10-22-21(25-16)23-12-14-7-8-18-19(11-14)29-13-28-18/h3-11H,2,12-13H2,1H3,(H,24,26)(H,22,23,25). The van der Waals surface area contributed by atoms with Gasteiger partial charge in [-0.25, -0.2) is 9.97 Å². The van der Waals surface area contributed by atoms with Crippen molar-refractivity contribution in [2.45, 2.75) is 13.5 Å². The number of hydrogen-bond acceptors (Lipinski definition) is 7. The van der Waals surface area contributed by atoms with Crippen LogP contribution in [0.15, 0.2) is 54.7 Å². The molecular weight excluding hydrogens is 372 g/mol. The van der Waals surface area contributed by atoms with E-state index in [0.717, 1.165) is 11.3 Å². The van der Waals surface area contributed by atoms with E-state index in [1.807, 2.05) is 37.3 Å². The van der Waals surface area contributed by atoms with Crippen molar-refractivity contribution in [3.63, 3.8) is 0 Å². The average Bonchev–Trinajstić information content (AvgIpc) is 3.22. The second kappa shape index (κ2) is 8.47. The van der Waals surface area contributed by atoms with E-state index >= 15 is 0 Å². The van der Waals surface area contributed by atoms with Crippen LogP contribution in [0.25, 0.3) is 0 Å². The first-order valence-electron chi connectivity index (χ1n) is 9.21. The van der Waals surface area contributed by atoms with Gasteiger partial charge in [-0.3, -0.25) is 4.79 Å². The van der Waals surface area contributed by atoms with Gasteiger partial charge in [0.1, 0.15) is 11.4 Å². The highest BCUT2D eigenvalue weighted by Gasteiger charge is 2.14. The summed E-state index contributed by atoms with van der Waals surface area (Å²) < 4.78 is 16.2. The van der Waals surface area contributed by atoms with Gasteiger partial charge in [-0.2, -0.15) is 0 Å². The zero-order chi connectivity index (χ0) is 20.1. The molecule has 3 aromatic rings. The van der Waals surface area contributed by atoms with Gasteiger partial charge in [0.2, 0.25) is 12.7 Å². The van der Waals surface area contributed by atoms with Gasteiger partial charge in [-0.05, 0) is 42.8 Å². The lowest BCUT2D eigenvalue weighted by molar-refractivity contribution is 0.102. The topological polar surface area (TPSA) is 94.6 Å². The Labute approximate surface area is 167 Å². The van der Waals surface area contributed by atoms with Gasteiger partial charge in [0, 0.05) is 12.7 Å². The molecule has 0 saturated heterocycles. The van der Waals surface area contributed by atoms with E-state index in [2.05, 4.69) is 20.6 Å². The molecule has 1 amide bonds. The minimum absolute atomic E-state index is 0.235. The SMILES string of the molecule is CCOc1ccccc1NC(=O)c1ccnc(NCc2ccc3c(c2)OCO3)n1. The maximum atomic E-state index is 12.6. The lowest BCUT2D eigenvalue weighted by atomic mass is 10.2. The fraction of sp³-hybridized carbons (Fsp3) is 0.190. The first-order valence-corrected chi connectivity index (χ1v) is 9.21. The van der Waals surface area contributed by atoms with Crippen LogP contribution in [0.2, 0.25) is 0 Å². The smallest absolute Gasteiger partial charge is 0.274 e. The molecule has 2 N–H and O–H groups in total. The van der Waals surface area contributed by atoms with E-state index in [0.29, 0.717) is 36.3 Å². The van der Waals surface area contributed by atoms with Crippen LogP contribution in [-0.4, -0.2) is 29.3 Å². The van der Waals surface area contributed by atoms with Crippen molar-refractivity contribution in [3.8, 4) is 17.2 Å². The summed E-state index contributed by atoms with van der Waals surface area (Å²) in [7, 11) is 0. The van der Waals surface area contributed by atoms with Crippen molar-refractivity contribution in [2.24, 2.45) is 0 Å². The molecule has 2 aromatic carbocycles. The molecular formula is C21H20N4O4. The van der Waals surface area contributed by atoms with Crippen molar-refractivity contribution in [2.75, 3.05) is 24.0 Å². The quantitative estimate of drug-likeness (QED) is 0.636. The maximum absolute atomic E-state index is 12.6. The van der Waals surface area contributed by atoms with Crippen LogP contribution < -0.4 is 24.8 Å². The van der Waals surface area contributed by atoms with Gasteiger partial charge in [-0.15, -0.1) is 0 Å². The van der Waals surface area contributed by atoms with Crippen LogP contribution in [0.1, 0.15) is 23.0 Å². The predicted molar refractivity (Wildman–Crippen MR) is 107 cm³/mol. The molecule has 8 nitrogen and oxygen atoms in total. The van der Waals surface area contributed by atoms with Crippen LogP contribution in [0.3, 0.4) is 0 Å². The van der Waals surface area contributed by atoms with Crippen LogP contribution >= 0.6 is 0 Å². The maximum Gasteiger partial charge on any atom is 0.274 e. The molecule has 2 heterocycles. The number of carbonyl (C=O) groups excluding carboxylic acids is 1. The summed E-state index contributed by atoms with van der Waals surface area (Å²) in [6.45, 7) is 3.11. The highest BCUT2D eigenvalue weighted by Crippen LogP contribution is 2.32. The zero-order valence-electron chi connectivity index (χ0n) is 15.8. The van der Waals surface area contributed by atoms with Gasteiger partial charge >= 0.3 is 0 Å². The Hall–Kier alpha value is -3.81. The summed E-state index contributed by atoms with van der Waals surface area (Å²) >= 11 is 0. The number of carbonyl (C=O) groups is 1. The van der Waals surface area contributed by atoms with E-state index in [4.69, 9.17) is 14.2 Å². The number of anilines is 2. The van der Waals surface area contributed by atoms with Gasteiger partial charge in [0.05, 0.1) is 12.3 Å². The van der Waals surface area contributed by atoms with E-state index in [9.17, 15) is 4.79 Å². The Bertz CT molecular complexity index is 1030. The molecule has 0 fully saturated rings. The fourth-order valence-electron chi connectivity index (χ4n) is 2.84. The van der Waals surface area contributed by atoms with Crippen molar-refractivity contribution >= 4 is 17.5 Å². The summed E-state index contributed by atoms with van der Waals surface area (Å²) in [4.78, 5) is 21.1. The normalized spacial score (nSPS) is 11.8. The Kier molecular flexibility index (Phi) is 5.42. The largest absolute Gasteiger partial charge is 0.492 e. The molecule has 148 valence electrons. The Morgan fingerprint density at radius 1 is 1.14 bits per heavy atom. The van der Waals surface area contributed by atoms with E-state index in [-0.39, 0.29) is 18.4 Å². The molecule has 0 spiro atoms. The average molecular weight is 392 g/mol.